The van der Waals surface area contributed by atoms with Crippen LogP contribution in [0, 0.1) is 0 Å². The normalized spacial score (nSPS) is 22.2. The van der Waals surface area contributed by atoms with Gasteiger partial charge in [-0.1, -0.05) is 30.3 Å². The molecule has 1 aromatic carbocycles. The van der Waals surface area contributed by atoms with E-state index in [-0.39, 0.29) is 0 Å². The molecule has 0 radical (unpaired) electrons. The van der Waals surface area contributed by atoms with Gasteiger partial charge >= 0.3 is 0 Å². The molecule has 0 spiro atoms. The van der Waals surface area contributed by atoms with Crippen LogP contribution in [0.5, 0.6) is 0 Å². The third kappa shape index (κ3) is 3.62. The van der Waals surface area contributed by atoms with Gasteiger partial charge in [0.25, 0.3) is 0 Å². The Morgan fingerprint density at radius 1 is 1.31 bits per heavy atom. The number of aryl methyl sites for hydroxylation is 1. The van der Waals surface area contributed by atoms with Crippen molar-refractivity contribution >= 4 is 0 Å². The Hall–Kier alpha value is -0.860. The van der Waals surface area contributed by atoms with Crippen molar-refractivity contribution in [3.63, 3.8) is 0 Å². The third-order valence-electron chi connectivity index (χ3n) is 3.24. The van der Waals surface area contributed by atoms with Crippen LogP contribution in [0.3, 0.4) is 0 Å². The molecule has 1 fully saturated rings. The fraction of sp³-hybridized carbons (Fsp3) is 0.571. The molecular weight excluding hydrogens is 196 g/mol. The lowest BCUT2D eigenvalue weighted by Gasteiger charge is -2.31. The molecule has 0 saturated carbocycles. The molecule has 2 heteroatoms. The van der Waals surface area contributed by atoms with Gasteiger partial charge in [-0.2, -0.15) is 0 Å². The minimum Gasteiger partial charge on any atom is -0.312 e. The summed E-state index contributed by atoms with van der Waals surface area (Å²) in [6.45, 7) is 7.06. The molecule has 0 aromatic heterocycles. The Morgan fingerprint density at radius 3 is 2.88 bits per heavy atom. The zero-order valence-corrected chi connectivity index (χ0v) is 10.2. The van der Waals surface area contributed by atoms with Crippen LogP contribution in [-0.4, -0.2) is 37.1 Å². The first kappa shape index (κ1) is 11.6. The number of rotatable bonds is 4. The number of nitrogens with one attached hydrogen (secondary N) is 1. The van der Waals surface area contributed by atoms with Gasteiger partial charge in [0.2, 0.25) is 0 Å². The van der Waals surface area contributed by atoms with E-state index in [4.69, 9.17) is 0 Å². The van der Waals surface area contributed by atoms with Gasteiger partial charge in [0.15, 0.2) is 0 Å². The lowest BCUT2D eigenvalue weighted by molar-refractivity contribution is 0.205. The maximum Gasteiger partial charge on any atom is 0.0167 e. The minimum absolute atomic E-state index is 0.658. The van der Waals surface area contributed by atoms with Gasteiger partial charge in [0, 0.05) is 25.7 Å². The molecule has 0 aliphatic carbocycles. The number of hydrogen-bond acceptors (Lipinski definition) is 2. The molecule has 1 unspecified atom stereocenters. The molecule has 1 aliphatic rings. The van der Waals surface area contributed by atoms with Crippen LogP contribution in [0.25, 0.3) is 0 Å². The Bertz CT molecular complexity index is 297. The van der Waals surface area contributed by atoms with E-state index in [1.807, 2.05) is 0 Å². The molecule has 1 heterocycles. The van der Waals surface area contributed by atoms with Gasteiger partial charge in [0.1, 0.15) is 0 Å². The Balaban J connectivity index is 1.68. The quantitative estimate of drug-likeness (QED) is 0.830. The second-order valence-corrected chi connectivity index (χ2v) is 4.74. The molecule has 16 heavy (non-hydrogen) atoms. The summed E-state index contributed by atoms with van der Waals surface area (Å²) in [5, 5.41) is 3.48. The highest BCUT2D eigenvalue weighted by Gasteiger charge is 2.14. The molecule has 1 aromatic rings. The summed E-state index contributed by atoms with van der Waals surface area (Å²) in [6.07, 6.45) is 2.48. The Labute approximate surface area is 98.7 Å². The number of nitrogens with zero attached hydrogens (tertiary/aromatic N) is 1. The van der Waals surface area contributed by atoms with Gasteiger partial charge in [-0.3, -0.25) is 0 Å². The third-order valence-corrected chi connectivity index (χ3v) is 3.24. The summed E-state index contributed by atoms with van der Waals surface area (Å²) in [5.41, 5.74) is 1.46. The van der Waals surface area contributed by atoms with Crippen molar-refractivity contribution in [3.05, 3.63) is 35.9 Å². The molecule has 0 amide bonds. The van der Waals surface area contributed by atoms with Crippen molar-refractivity contribution < 1.29 is 0 Å². The molecule has 88 valence electrons. The smallest absolute Gasteiger partial charge is 0.0167 e. The van der Waals surface area contributed by atoms with Crippen LogP contribution in [0.2, 0.25) is 0 Å². The van der Waals surface area contributed by atoms with E-state index in [1.165, 1.54) is 38.0 Å². The summed E-state index contributed by atoms with van der Waals surface area (Å²) < 4.78 is 0. The van der Waals surface area contributed by atoms with Crippen LogP contribution >= 0.6 is 0 Å². The van der Waals surface area contributed by atoms with Gasteiger partial charge in [0.05, 0.1) is 0 Å². The van der Waals surface area contributed by atoms with Crippen LogP contribution in [0.4, 0.5) is 0 Å². The van der Waals surface area contributed by atoms with Gasteiger partial charge in [-0.25, -0.2) is 0 Å². The highest BCUT2D eigenvalue weighted by molar-refractivity contribution is 5.14. The van der Waals surface area contributed by atoms with E-state index in [1.54, 1.807) is 0 Å². The first-order chi connectivity index (χ1) is 7.84. The molecule has 2 nitrogen and oxygen atoms in total. The summed E-state index contributed by atoms with van der Waals surface area (Å²) in [7, 11) is 0. The molecule has 0 bridgehead atoms. The van der Waals surface area contributed by atoms with E-state index in [2.05, 4.69) is 47.5 Å². The zero-order chi connectivity index (χ0) is 11.2. The van der Waals surface area contributed by atoms with E-state index in [0.29, 0.717) is 6.04 Å². The molecule has 2 rings (SSSR count). The van der Waals surface area contributed by atoms with Crippen molar-refractivity contribution in [1.82, 2.24) is 10.2 Å². The van der Waals surface area contributed by atoms with Gasteiger partial charge < -0.3 is 10.2 Å². The largest absolute Gasteiger partial charge is 0.312 e. The van der Waals surface area contributed by atoms with Gasteiger partial charge in [-0.15, -0.1) is 0 Å². The van der Waals surface area contributed by atoms with Crippen molar-refractivity contribution in [2.45, 2.75) is 25.8 Å². The fourth-order valence-corrected chi connectivity index (χ4v) is 2.37. The number of benzene rings is 1. The first-order valence-electron chi connectivity index (χ1n) is 6.34. The molecule has 1 N–H and O–H groups in total. The monoisotopic (exact) mass is 218 g/mol. The minimum atomic E-state index is 0.658. The highest BCUT2D eigenvalue weighted by Crippen LogP contribution is 2.05. The standard InChI is InChI=1S/C14H22N2/c1-13-12-16(11-9-15-13)10-5-8-14-6-3-2-4-7-14/h2-4,6-7,13,15H,5,8-12H2,1H3. The van der Waals surface area contributed by atoms with Crippen molar-refractivity contribution in [2.24, 2.45) is 0 Å². The fourth-order valence-electron chi connectivity index (χ4n) is 2.37. The van der Waals surface area contributed by atoms with E-state index >= 15 is 0 Å². The molecular formula is C14H22N2. The maximum absolute atomic E-state index is 3.48. The highest BCUT2D eigenvalue weighted by atomic mass is 15.2. The first-order valence-corrected chi connectivity index (χ1v) is 6.34. The zero-order valence-electron chi connectivity index (χ0n) is 10.2. The summed E-state index contributed by atoms with van der Waals surface area (Å²) in [5.74, 6) is 0. The topological polar surface area (TPSA) is 15.3 Å². The van der Waals surface area contributed by atoms with Gasteiger partial charge in [-0.05, 0) is 31.9 Å². The lowest BCUT2D eigenvalue weighted by atomic mass is 10.1. The van der Waals surface area contributed by atoms with E-state index in [9.17, 15) is 0 Å². The summed E-state index contributed by atoms with van der Waals surface area (Å²) >= 11 is 0. The summed E-state index contributed by atoms with van der Waals surface area (Å²) in [4.78, 5) is 2.57. The Kier molecular flexibility index (Phi) is 4.37. The lowest BCUT2D eigenvalue weighted by Crippen LogP contribution is -2.49. The van der Waals surface area contributed by atoms with Crippen LogP contribution in [0.15, 0.2) is 30.3 Å². The summed E-state index contributed by atoms with van der Waals surface area (Å²) in [6, 6.07) is 11.4. The SMILES string of the molecule is CC1CN(CCCc2ccccc2)CCN1. The van der Waals surface area contributed by atoms with E-state index in [0.717, 1.165) is 6.54 Å². The average Bonchev–Trinajstić information content (AvgIpc) is 2.30. The van der Waals surface area contributed by atoms with Crippen LogP contribution in [0.1, 0.15) is 18.9 Å². The molecule has 1 atom stereocenters. The van der Waals surface area contributed by atoms with E-state index < -0.39 is 0 Å². The predicted molar refractivity (Wildman–Crippen MR) is 68.7 cm³/mol. The predicted octanol–water partition coefficient (Wildman–Crippen LogP) is 1.91. The van der Waals surface area contributed by atoms with Crippen molar-refractivity contribution in [3.8, 4) is 0 Å². The van der Waals surface area contributed by atoms with Crippen molar-refractivity contribution in [1.29, 1.82) is 0 Å². The van der Waals surface area contributed by atoms with Crippen LogP contribution in [-0.2, 0) is 6.42 Å². The second kappa shape index (κ2) is 6.02. The second-order valence-electron chi connectivity index (χ2n) is 4.74. The molecule has 1 aliphatic heterocycles. The molecule has 1 saturated heterocycles. The van der Waals surface area contributed by atoms with Crippen molar-refractivity contribution in [2.75, 3.05) is 26.2 Å². The number of piperazine rings is 1. The Morgan fingerprint density at radius 2 is 2.12 bits per heavy atom. The van der Waals surface area contributed by atoms with Crippen LogP contribution < -0.4 is 5.32 Å². The average molecular weight is 218 g/mol. The maximum atomic E-state index is 3.48. The number of hydrogen-bond donors (Lipinski definition) is 1.